The predicted molar refractivity (Wildman–Crippen MR) is 104 cm³/mol. The molecule has 2 aromatic rings. The fourth-order valence-electron chi connectivity index (χ4n) is 3.56. The Morgan fingerprint density at radius 2 is 1.65 bits per heavy atom. The van der Waals surface area contributed by atoms with E-state index in [1.807, 2.05) is 24.3 Å². The fraction of sp³-hybridized carbons (Fsp3) is 0.429. The molecular weight excluding hydrogens is 397 g/mol. The van der Waals surface area contributed by atoms with Crippen LogP contribution in [0.4, 0.5) is 4.39 Å². The monoisotopic (exact) mass is 421 g/mol. The summed E-state index contributed by atoms with van der Waals surface area (Å²) in [6, 6.07) is 13.9. The molecule has 0 saturated carbocycles. The van der Waals surface area contributed by atoms with Gasteiger partial charge in [0, 0.05) is 17.6 Å². The number of aliphatic hydroxyl groups excluding tert-OH is 1. The van der Waals surface area contributed by atoms with E-state index < -0.39 is 11.7 Å². The Kier molecular flexibility index (Phi) is 6.46. The fourth-order valence-corrected chi connectivity index (χ4v) is 3.82. The zero-order valence-corrected chi connectivity index (χ0v) is 16.3. The van der Waals surface area contributed by atoms with Crippen molar-refractivity contribution in [1.82, 2.24) is 4.90 Å². The maximum absolute atomic E-state index is 12.9. The van der Waals surface area contributed by atoms with E-state index in [-0.39, 0.29) is 5.82 Å². The third-order valence-electron chi connectivity index (χ3n) is 5.27. The summed E-state index contributed by atoms with van der Waals surface area (Å²) in [5.74, 6) is -0.285. The smallest absolute Gasteiger partial charge is 0.123 e. The lowest BCUT2D eigenvalue weighted by Gasteiger charge is -2.38. The van der Waals surface area contributed by atoms with Gasteiger partial charge in [0.1, 0.15) is 5.82 Å². The number of likely N-dealkylation sites (tertiary alicyclic amines) is 1. The SMILES string of the molecule is OC(CCCN1CCC(O)(c2ccc(Br)cc2)CC1)c1ccc(F)cc1. The average Bonchev–Trinajstić information content (AvgIpc) is 2.64. The van der Waals surface area contributed by atoms with Gasteiger partial charge in [0.25, 0.3) is 0 Å². The molecule has 1 atom stereocenters. The first-order chi connectivity index (χ1) is 12.5. The molecule has 1 saturated heterocycles. The van der Waals surface area contributed by atoms with Crippen LogP contribution in [0.25, 0.3) is 0 Å². The molecule has 3 nitrogen and oxygen atoms in total. The van der Waals surface area contributed by atoms with Crippen LogP contribution in [0.5, 0.6) is 0 Å². The molecular formula is C21H25BrFNO2. The second-order valence-electron chi connectivity index (χ2n) is 7.09. The van der Waals surface area contributed by atoms with Crippen molar-refractivity contribution in [1.29, 1.82) is 0 Å². The quantitative estimate of drug-likeness (QED) is 0.726. The molecule has 5 heteroatoms. The van der Waals surface area contributed by atoms with Crippen LogP contribution in [-0.4, -0.2) is 34.7 Å². The number of piperidine rings is 1. The van der Waals surface area contributed by atoms with Crippen molar-refractivity contribution in [2.75, 3.05) is 19.6 Å². The molecule has 0 spiro atoms. The van der Waals surface area contributed by atoms with Crippen molar-refractivity contribution in [3.05, 3.63) is 69.9 Å². The number of hydrogen-bond acceptors (Lipinski definition) is 3. The minimum absolute atomic E-state index is 0.285. The van der Waals surface area contributed by atoms with Gasteiger partial charge in [0.15, 0.2) is 0 Å². The second-order valence-corrected chi connectivity index (χ2v) is 8.01. The zero-order valence-electron chi connectivity index (χ0n) is 14.7. The summed E-state index contributed by atoms with van der Waals surface area (Å²) in [5.41, 5.74) is 0.993. The van der Waals surface area contributed by atoms with E-state index in [0.717, 1.165) is 54.5 Å². The van der Waals surface area contributed by atoms with Gasteiger partial charge >= 0.3 is 0 Å². The Morgan fingerprint density at radius 1 is 1.04 bits per heavy atom. The summed E-state index contributed by atoms with van der Waals surface area (Å²) in [6.07, 6.45) is 2.40. The summed E-state index contributed by atoms with van der Waals surface area (Å²) >= 11 is 3.43. The van der Waals surface area contributed by atoms with Gasteiger partial charge in [-0.15, -0.1) is 0 Å². The number of nitrogens with zero attached hydrogens (tertiary/aromatic N) is 1. The van der Waals surface area contributed by atoms with E-state index in [1.54, 1.807) is 12.1 Å². The first-order valence-electron chi connectivity index (χ1n) is 9.11. The van der Waals surface area contributed by atoms with Crippen molar-refractivity contribution >= 4 is 15.9 Å². The highest BCUT2D eigenvalue weighted by Crippen LogP contribution is 2.33. The van der Waals surface area contributed by atoms with Crippen LogP contribution in [0, 0.1) is 5.82 Å². The van der Waals surface area contributed by atoms with Crippen LogP contribution in [-0.2, 0) is 5.60 Å². The van der Waals surface area contributed by atoms with Gasteiger partial charge < -0.3 is 15.1 Å². The lowest BCUT2D eigenvalue weighted by atomic mass is 9.84. The van der Waals surface area contributed by atoms with Crippen molar-refractivity contribution in [3.8, 4) is 0 Å². The van der Waals surface area contributed by atoms with E-state index in [0.29, 0.717) is 6.42 Å². The molecule has 1 unspecified atom stereocenters. The van der Waals surface area contributed by atoms with E-state index in [1.165, 1.54) is 12.1 Å². The minimum atomic E-state index is -0.745. The van der Waals surface area contributed by atoms with Gasteiger partial charge in [-0.1, -0.05) is 40.2 Å². The highest BCUT2D eigenvalue weighted by molar-refractivity contribution is 9.10. The number of rotatable bonds is 6. The summed E-state index contributed by atoms with van der Waals surface area (Å²) in [5, 5.41) is 21.1. The van der Waals surface area contributed by atoms with E-state index in [2.05, 4.69) is 20.8 Å². The predicted octanol–water partition coefficient (Wildman–Crippen LogP) is 4.39. The summed E-state index contributed by atoms with van der Waals surface area (Å²) < 4.78 is 14.0. The molecule has 2 N–H and O–H groups in total. The molecule has 0 aliphatic carbocycles. The highest BCUT2D eigenvalue weighted by atomic mass is 79.9. The Balaban J connectivity index is 1.44. The molecule has 3 rings (SSSR count). The molecule has 1 aliphatic rings. The lowest BCUT2D eigenvalue weighted by molar-refractivity contribution is -0.0266. The summed E-state index contributed by atoms with van der Waals surface area (Å²) in [4.78, 5) is 2.34. The number of benzene rings is 2. The van der Waals surface area contributed by atoms with Crippen molar-refractivity contribution in [2.45, 2.75) is 37.4 Å². The van der Waals surface area contributed by atoms with E-state index in [4.69, 9.17) is 0 Å². The molecule has 140 valence electrons. The number of hydrogen-bond donors (Lipinski definition) is 2. The van der Waals surface area contributed by atoms with Gasteiger partial charge in [-0.25, -0.2) is 4.39 Å². The highest BCUT2D eigenvalue weighted by Gasteiger charge is 2.33. The Bertz CT molecular complexity index is 697. The third-order valence-corrected chi connectivity index (χ3v) is 5.80. The summed E-state index contributed by atoms with van der Waals surface area (Å²) in [6.45, 7) is 2.59. The molecule has 2 aromatic carbocycles. The molecule has 0 aromatic heterocycles. The topological polar surface area (TPSA) is 43.7 Å². The van der Waals surface area contributed by atoms with Crippen LogP contribution < -0.4 is 0 Å². The third kappa shape index (κ3) is 4.92. The molecule has 1 aliphatic heterocycles. The van der Waals surface area contributed by atoms with Gasteiger partial charge in [-0.2, -0.15) is 0 Å². The van der Waals surface area contributed by atoms with Crippen molar-refractivity contribution < 1.29 is 14.6 Å². The first-order valence-corrected chi connectivity index (χ1v) is 9.90. The Labute approximate surface area is 162 Å². The molecule has 0 bridgehead atoms. The maximum Gasteiger partial charge on any atom is 0.123 e. The number of aliphatic hydroxyl groups is 2. The Morgan fingerprint density at radius 3 is 2.27 bits per heavy atom. The van der Waals surface area contributed by atoms with E-state index >= 15 is 0 Å². The molecule has 0 amide bonds. The molecule has 1 fully saturated rings. The molecule has 1 heterocycles. The van der Waals surface area contributed by atoms with Crippen LogP contribution >= 0.6 is 15.9 Å². The first kappa shape index (κ1) is 19.5. The molecule has 26 heavy (non-hydrogen) atoms. The van der Waals surface area contributed by atoms with Gasteiger partial charge in [-0.3, -0.25) is 0 Å². The van der Waals surface area contributed by atoms with Crippen LogP contribution in [0.1, 0.15) is 42.9 Å². The van der Waals surface area contributed by atoms with E-state index in [9.17, 15) is 14.6 Å². The molecule has 0 radical (unpaired) electrons. The average molecular weight is 422 g/mol. The zero-order chi connectivity index (χ0) is 18.6. The van der Waals surface area contributed by atoms with Crippen molar-refractivity contribution in [2.24, 2.45) is 0 Å². The van der Waals surface area contributed by atoms with Crippen LogP contribution in [0.15, 0.2) is 53.0 Å². The van der Waals surface area contributed by atoms with Gasteiger partial charge in [0.05, 0.1) is 11.7 Å². The van der Waals surface area contributed by atoms with Crippen LogP contribution in [0.3, 0.4) is 0 Å². The van der Waals surface area contributed by atoms with Gasteiger partial charge in [0.2, 0.25) is 0 Å². The normalized spacial score (nSPS) is 18.6. The van der Waals surface area contributed by atoms with Crippen molar-refractivity contribution in [3.63, 3.8) is 0 Å². The minimum Gasteiger partial charge on any atom is -0.388 e. The largest absolute Gasteiger partial charge is 0.388 e. The lowest BCUT2D eigenvalue weighted by Crippen LogP contribution is -2.42. The Hall–Kier alpha value is -1.27. The second kappa shape index (κ2) is 8.61. The maximum atomic E-state index is 12.9. The number of halogens is 2. The standard InChI is InChI=1S/C21H25BrFNO2/c22-18-7-5-17(6-8-18)21(26)11-14-24(15-12-21)13-1-2-20(25)16-3-9-19(23)10-4-16/h3-10,20,25-26H,1-2,11-15H2. The van der Waals surface area contributed by atoms with Crippen LogP contribution in [0.2, 0.25) is 0 Å². The summed E-state index contributed by atoms with van der Waals surface area (Å²) in [7, 11) is 0. The van der Waals surface area contributed by atoms with Gasteiger partial charge in [-0.05, 0) is 67.6 Å².